The molecule has 2 aromatic heterocycles. The van der Waals surface area contributed by atoms with Gasteiger partial charge in [0.15, 0.2) is 9.47 Å². The van der Waals surface area contributed by atoms with Crippen molar-refractivity contribution in [2.75, 3.05) is 5.32 Å². The van der Waals surface area contributed by atoms with Crippen molar-refractivity contribution >= 4 is 55.7 Å². The van der Waals surface area contributed by atoms with E-state index in [1.165, 1.54) is 23.0 Å². The van der Waals surface area contributed by atoms with Gasteiger partial charge in [0.2, 0.25) is 5.91 Å². The number of rotatable bonds is 4. The van der Waals surface area contributed by atoms with Gasteiger partial charge in [-0.15, -0.1) is 22.7 Å². The highest BCUT2D eigenvalue weighted by Gasteiger charge is 2.07. The van der Waals surface area contributed by atoms with Crippen LogP contribution in [-0.2, 0) is 10.5 Å². The number of nitrogens with one attached hydrogen (secondary N) is 1. The minimum Gasteiger partial charge on any atom is -0.302 e. The van der Waals surface area contributed by atoms with Crippen molar-refractivity contribution in [3.05, 3.63) is 35.3 Å². The van der Waals surface area contributed by atoms with Crippen LogP contribution in [0.25, 0.3) is 10.2 Å². The van der Waals surface area contributed by atoms with Crippen LogP contribution in [0, 0.1) is 0 Å². The maximum absolute atomic E-state index is 10.9. The number of thioether (sulfide) groups is 1. The van der Waals surface area contributed by atoms with E-state index in [2.05, 4.69) is 21.4 Å². The molecule has 0 fully saturated rings. The molecule has 1 amide bonds. The largest absolute Gasteiger partial charge is 0.302 e. The molecule has 0 aliphatic carbocycles. The fourth-order valence-electron chi connectivity index (χ4n) is 1.63. The molecule has 0 saturated carbocycles. The lowest BCUT2D eigenvalue weighted by Gasteiger charge is -1.94. The first kappa shape index (κ1) is 13.5. The Hall–Kier alpha value is -1.44. The number of hydrogen-bond donors (Lipinski definition) is 1. The highest BCUT2D eigenvalue weighted by atomic mass is 32.2. The normalized spacial score (nSPS) is 10.8. The number of thiazole rings is 2. The minimum absolute atomic E-state index is 0.0928. The molecule has 4 nitrogen and oxygen atoms in total. The molecule has 0 saturated heterocycles. The second kappa shape index (κ2) is 5.90. The molecule has 0 radical (unpaired) electrons. The zero-order chi connectivity index (χ0) is 13.9. The van der Waals surface area contributed by atoms with Gasteiger partial charge in [-0.05, 0) is 12.1 Å². The van der Waals surface area contributed by atoms with Crippen molar-refractivity contribution in [2.24, 2.45) is 0 Å². The van der Waals surface area contributed by atoms with Crippen molar-refractivity contribution in [3.63, 3.8) is 0 Å². The van der Waals surface area contributed by atoms with Gasteiger partial charge in [-0.3, -0.25) is 4.79 Å². The van der Waals surface area contributed by atoms with Gasteiger partial charge in [-0.1, -0.05) is 23.9 Å². The number of carbonyl (C=O) groups excluding carboxylic acids is 1. The van der Waals surface area contributed by atoms with Crippen LogP contribution in [0.3, 0.4) is 0 Å². The standard InChI is InChI=1S/C13H11N3OS3/c1-8(17)14-12-15-9(6-18-12)7-19-13-16-10-4-2-3-5-11(10)20-13/h2-6H,7H2,1H3,(H,14,15,17). The smallest absolute Gasteiger partial charge is 0.223 e. The first-order valence-electron chi connectivity index (χ1n) is 5.91. The third-order valence-corrected chi connectivity index (χ3v) is 5.47. The van der Waals surface area contributed by atoms with Gasteiger partial charge < -0.3 is 5.32 Å². The number of anilines is 1. The predicted octanol–water partition coefficient (Wildman–Crippen LogP) is 4.00. The van der Waals surface area contributed by atoms with Crippen LogP contribution in [0.1, 0.15) is 12.6 Å². The fraction of sp³-hybridized carbons (Fsp3) is 0.154. The Balaban J connectivity index is 1.66. The Kier molecular flexibility index (Phi) is 4.00. The molecule has 2 heterocycles. The molecule has 102 valence electrons. The summed E-state index contributed by atoms with van der Waals surface area (Å²) in [5.74, 6) is 0.667. The van der Waals surface area contributed by atoms with E-state index in [4.69, 9.17) is 0 Å². The van der Waals surface area contributed by atoms with Crippen LogP contribution in [0.5, 0.6) is 0 Å². The lowest BCUT2D eigenvalue weighted by molar-refractivity contribution is -0.114. The number of fused-ring (bicyclic) bond motifs is 1. The van der Waals surface area contributed by atoms with Gasteiger partial charge in [0.05, 0.1) is 15.9 Å². The predicted molar refractivity (Wildman–Crippen MR) is 85.6 cm³/mol. The van der Waals surface area contributed by atoms with Crippen LogP contribution >= 0.6 is 34.4 Å². The summed E-state index contributed by atoms with van der Waals surface area (Å²) in [6.45, 7) is 1.48. The van der Waals surface area contributed by atoms with Gasteiger partial charge in [-0.25, -0.2) is 9.97 Å². The summed E-state index contributed by atoms with van der Waals surface area (Å²) >= 11 is 4.81. The monoisotopic (exact) mass is 321 g/mol. The van der Waals surface area contributed by atoms with E-state index >= 15 is 0 Å². The quantitative estimate of drug-likeness (QED) is 0.738. The number of hydrogen-bond acceptors (Lipinski definition) is 6. The van der Waals surface area contributed by atoms with E-state index in [9.17, 15) is 4.79 Å². The van der Waals surface area contributed by atoms with Crippen LogP contribution in [0.4, 0.5) is 5.13 Å². The maximum Gasteiger partial charge on any atom is 0.223 e. The number of para-hydroxylation sites is 1. The Morgan fingerprint density at radius 3 is 3.00 bits per heavy atom. The first-order valence-corrected chi connectivity index (χ1v) is 8.59. The van der Waals surface area contributed by atoms with E-state index in [0.717, 1.165) is 21.3 Å². The summed E-state index contributed by atoms with van der Waals surface area (Å²) in [4.78, 5) is 19.9. The van der Waals surface area contributed by atoms with E-state index in [1.54, 1.807) is 23.1 Å². The number of aromatic nitrogens is 2. The molecule has 3 aromatic rings. The molecule has 20 heavy (non-hydrogen) atoms. The molecule has 0 atom stereocenters. The van der Waals surface area contributed by atoms with Crippen LogP contribution < -0.4 is 5.32 Å². The van der Waals surface area contributed by atoms with Gasteiger partial charge in [0, 0.05) is 18.1 Å². The van der Waals surface area contributed by atoms with E-state index in [1.807, 2.05) is 23.6 Å². The lowest BCUT2D eigenvalue weighted by atomic mass is 10.3. The van der Waals surface area contributed by atoms with Gasteiger partial charge in [-0.2, -0.15) is 0 Å². The van der Waals surface area contributed by atoms with Crippen molar-refractivity contribution in [1.82, 2.24) is 9.97 Å². The van der Waals surface area contributed by atoms with Crippen molar-refractivity contribution in [2.45, 2.75) is 17.0 Å². The van der Waals surface area contributed by atoms with Gasteiger partial charge >= 0.3 is 0 Å². The summed E-state index contributed by atoms with van der Waals surface area (Å²) in [5.41, 5.74) is 2.00. The first-order chi connectivity index (χ1) is 9.70. The number of amides is 1. The summed E-state index contributed by atoms with van der Waals surface area (Å²) in [6, 6.07) is 8.12. The van der Waals surface area contributed by atoms with E-state index in [0.29, 0.717) is 5.13 Å². The molecule has 3 rings (SSSR count). The van der Waals surface area contributed by atoms with Crippen LogP contribution in [-0.4, -0.2) is 15.9 Å². The third kappa shape index (κ3) is 3.17. The number of carbonyl (C=O) groups is 1. The van der Waals surface area contributed by atoms with E-state index in [-0.39, 0.29) is 5.91 Å². The zero-order valence-corrected chi connectivity index (χ0v) is 13.1. The Morgan fingerprint density at radius 2 is 2.20 bits per heavy atom. The molecule has 0 aliphatic rings. The van der Waals surface area contributed by atoms with Crippen molar-refractivity contribution in [1.29, 1.82) is 0 Å². The third-order valence-electron chi connectivity index (χ3n) is 2.45. The average Bonchev–Trinajstić information content (AvgIpc) is 3.01. The summed E-state index contributed by atoms with van der Waals surface area (Å²) < 4.78 is 2.24. The van der Waals surface area contributed by atoms with Gasteiger partial charge in [0.1, 0.15) is 0 Å². The molecule has 1 N–H and O–H groups in total. The molecule has 7 heteroatoms. The molecule has 0 aliphatic heterocycles. The summed E-state index contributed by atoms with van der Waals surface area (Å²) in [5, 5.41) is 5.31. The number of benzene rings is 1. The van der Waals surface area contributed by atoms with E-state index < -0.39 is 0 Å². The fourth-order valence-corrected chi connectivity index (χ4v) is 4.45. The molecule has 1 aromatic carbocycles. The molecule has 0 spiro atoms. The SMILES string of the molecule is CC(=O)Nc1nc(CSc2nc3ccccc3s2)cs1. The molecule has 0 bridgehead atoms. The summed E-state index contributed by atoms with van der Waals surface area (Å²) in [7, 11) is 0. The summed E-state index contributed by atoms with van der Waals surface area (Å²) in [6.07, 6.45) is 0. The minimum atomic E-state index is -0.0928. The average molecular weight is 321 g/mol. The topological polar surface area (TPSA) is 54.9 Å². The zero-order valence-electron chi connectivity index (χ0n) is 10.6. The van der Waals surface area contributed by atoms with Crippen LogP contribution in [0.2, 0.25) is 0 Å². The second-order valence-corrected chi connectivity index (χ2v) is 7.17. The Labute approximate surface area is 128 Å². The van der Waals surface area contributed by atoms with Crippen molar-refractivity contribution < 1.29 is 4.79 Å². The molecule has 0 unspecified atom stereocenters. The van der Waals surface area contributed by atoms with Crippen molar-refractivity contribution in [3.8, 4) is 0 Å². The molecular formula is C13H11N3OS3. The maximum atomic E-state index is 10.9. The Bertz CT molecular complexity index is 717. The van der Waals surface area contributed by atoms with Crippen LogP contribution in [0.15, 0.2) is 34.0 Å². The highest BCUT2D eigenvalue weighted by Crippen LogP contribution is 2.31. The number of nitrogens with zero attached hydrogens (tertiary/aromatic N) is 2. The van der Waals surface area contributed by atoms with Gasteiger partial charge in [0.25, 0.3) is 0 Å². The highest BCUT2D eigenvalue weighted by molar-refractivity contribution is 8.00. The lowest BCUT2D eigenvalue weighted by Crippen LogP contribution is -2.05. The Morgan fingerprint density at radius 1 is 1.35 bits per heavy atom. The molecular weight excluding hydrogens is 310 g/mol. The second-order valence-electron chi connectivity index (χ2n) is 4.06.